The number of nitrogens with one attached hydrogen (secondary N) is 1. The van der Waals surface area contributed by atoms with Crippen LogP contribution in [-0.4, -0.2) is 29.9 Å². The van der Waals surface area contributed by atoms with E-state index in [4.69, 9.17) is 9.47 Å². The highest BCUT2D eigenvalue weighted by molar-refractivity contribution is 7.20. The summed E-state index contributed by atoms with van der Waals surface area (Å²) in [4.78, 5) is 14.4. The molecule has 0 aliphatic rings. The van der Waals surface area contributed by atoms with Crippen molar-refractivity contribution in [1.29, 1.82) is 0 Å². The summed E-state index contributed by atoms with van der Waals surface area (Å²) >= 11 is 1.45. The van der Waals surface area contributed by atoms with E-state index in [9.17, 15) is 4.79 Å². The van der Waals surface area contributed by atoms with Crippen molar-refractivity contribution in [1.82, 2.24) is 9.78 Å². The lowest BCUT2D eigenvalue weighted by Gasteiger charge is -2.11. The Kier molecular flexibility index (Phi) is 5.18. The molecule has 3 aromatic rings. The van der Waals surface area contributed by atoms with Crippen molar-refractivity contribution in [2.75, 3.05) is 19.5 Å². The Labute approximate surface area is 156 Å². The maximum absolute atomic E-state index is 12.8. The first-order valence-electron chi connectivity index (χ1n) is 8.43. The van der Waals surface area contributed by atoms with Gasteiger partial charge in [0.05, 0.1) is 30.5 Å². The predicted octanol–water partition coefficient (Wildman–Crippen LogP) is 4.33. The zero-order valence-corrected chi connectivity index (χ0v) is 16.4. The van der Waals surface area contributed by atoms with Gasteiger partial charge in [-0.1, -0.05) is 13.8 Å². The number of fused-ring (bicyclic) bond motifs is 1. The molecule has 2 heterocycles. The van der Waals surface area contributed by atoms with Crippen LogP contribution in [0.3, 0.4) is 0 Å². The summed E-state index contributed by atoms with van der Waals surface area (Å²) in [6.07, 6.45) is 0. The Morgan fingerprint density at radius 1 is 1.27 bits per heavy atom. The van der Waals surface area contributed by atoms with E-state index in [1.807, 2.05) is 17.7 Å². The van der Waals surface area contributed by atoms with Crippen LogP contribution in [0.25, 0.3) is 10.2 Å². The van der Waals surface area contributed by atoms with E-state index in [1.54, 1.807) is 32.4 Å². The molecule has 6 nitrogen and oxygen atoms in total. The number of carbonyl (C=O) groups is 1. The number of benzene rings is 1. The van der Waals surface area contributed by atoms with Gasteiger partial charge in [-0.15, -0.1) is 11.3 Å². The van der Waals surface area contributed by atoms with Crippen molar-refractivity contribution < 1.29 is 14.3 Å². The van der Waals surface area contributed by atoms with Gasteiger partial charge in [0.15, 0.2) is 0 Å². The van der Waals surface area contributed by atoms with Crippen molar-refractivity contribution >= 4 is 33.1 Å². The van der Waals surface area contributed by atoms with Crippen molar-refractivity contribution in [3.8, 4) is 11.5 Å². The lowest BCUT2D eigenvalue weighted by atomic mass is 10.2. The minimum Gasteiger partial charge on any atom is -0.497 e. The van der Waals surface area contributed by atoms with Crippen molar-refractivity contribution in [2.24, 2.45) is 5.92 Å². The molecule has 1 N–H and O–H groups in total. The van der Waals surface area contributed by atoms with Gasteiger partial charge in [-0.05, 0) is 31.0 Å². The molecule has 0 spiro atoms. The molecule has 1 amide bonds. The van der Waals surface area contributed by atoms with Gasteiger partial charge < -0.3 is 14.8 Å². The number of ether oxygens (including phenoxy) is 2. The standard InChI is InChI=1S/C19H23N3O3S/c1-11(2)10-22-19-14(12(3)21-22)9-17(26-19)18(23)20-15-8-13(24-4)6-7-16(15)25-5/h6-9,11H,10H2,1-5H3,(H,20,23). The monoisotopic (exact) mass is 373 g/mol. The molecular formula is C19H23N3O3S. The minimum absolute atomic E-state index is 0.173. The summed E-state index contributed by atoms with van der Waals surface area (Å²) in [5.74, 6) is 1.55. The third-order valence-corrected chi connectivity index (χ3v) is 5.17. The summed E-state index contributed by atoms with van der Waals surface area (Å²) in [7, 11) is 3.16. The van der Waals surface area contributed by atoms with Crippen molar-refractivity contribution in [2.45, 2.75) is 27.3 Å². The first kappa shape index (κ1) is 18.3. The Bertz CT molecular complexity index is 943. The number of rotatable bonds is 6. The van der Waals surface area contributed by atoms with Crippen LogP contribution >= 0.6 is 11.3 Å². The van der Waals surface area contributed by atoms with E-state index in [1.165, 1.54) is 11.3 Å². The van der Waals surface area contributed by atoms with E-state index in [2.05, 4.69) is 24.3 Å². The lowest BCUT2D eigenvalue weighted by Crippen LogP contribution is -2.11. The molecule has 2 aromatic heterocycles. The highest BCUT2D eigenvalue weighted by atomic mass is 32.1. The average molecular weight is 373 g/mol. The van der Waals surface area contributed by atoms with E-state index >= 15 is 0 Å². The second-order valence-corrected chi connectivity index (χ2v) is 7.54. The number of hydrogen-bond donors (Lipinski definition) is 1. The number of carbonyl (C=O) groups excluding carboxylic acids is 1. The number of nitrogens with zero attached hydrogens (tertiary/aromatic N) is 2. The second kappa shape index (κ2) is 7.37. The van der Waals surface area contributed by atoms with Crippen LogP contribution in [0.5, 0.6) is 11.5 Å². The summed E-state index contributed by atoms with van der Waals surface area (Å²) in [6.45, 7) is 7.10. The fourth-order valence-electron chi connectivity index (χ4n) is 2.79. The molecule has 0 aliphatic heterocycles. The topological polar surface area (TPSA) is 65.4 Å². The van der Waals surface area contributed by atoms with E-state index < -0.39 is 0 Å². The Morgan fingerprint density at radius 2 is 2.04 bits per heavy atom. The zero-order chi connectivity index (χ0) is 18.8. The normalized spacial score (nSPS) is 11.2. The van der Waals surface area contributed by atoms with E-state index in [0.717, 1.165) is 22.5 Å². The van der Waals surface area contributed by atoms with Gasteiger partial charge in [0.2, 0.25) is 0 Å². The first-order chi connectivity index (χ1) is 12.4. The van der Waals surface area contributed by atoms with Gasteiger partial charge in [0.1, 0.15) is 16.3 Å². The molecule has 0 bridgehead atoms. The number of thiophene rings is 1. The minimum atomic E-state index is -0.173. The van der Waals surface area contributed by atoms with Gasteiger partial charge in [-0.3, -0.25) is 9.48 Å². The molecule has 0 saturated carbocycles. The molecule has 0 aliphatic carbocycles. The molecule has 0 radical (unpaired) electrons. The number of methoxy groups -OCH3 is 2. The predicted molar refractivity (Wildman–Crippen MR) is 105 cm³/mol. The Hall–Kier alpha value is -2.54. The number of anilines is 1. The maximum atomic E-state index is 12.8. The molecule has 1 aromatic carbocycles. The number of aryl methyl sites for hydroxylation is 1. The molecule has 0 unspecified atom stereocenters. The molecule has 138 valence electrons. The van der Waals surface area contributed by atoms with Crippen LogP contribution in [0.4, 0.5) is 5.69 Å². The zero-order valence-electron chi connectivity index (χ0n) is 15.6. The third-order valence-electron chi connectivity index (χ3n) is 4.02. The lowest BCUT2D eigenvalue weighted by molar-refractivity contribution is 0.103. The molecule has 0 fully saturated rings. The fourth-order valence-corrected chi connectivity index (χ4v) is 3.86. The van der Waals surface area contributed by atoms with Gasteiger partial charge in [0.25, 0.3) is 5.91 Å². The average Bonchev–Trinajstić information content (AvgIpc) is 3.16. The summed E-state index contributed by atoms with van der Waals surface area (Å²) in [6, 6.07) is 7.21. The van der Waals surface area contributed by atoms with Gasteiger partial charge in [-0.2, -0.15) is 5.10 Å². The van der Waals surface area contributed by atoms with Crippen LogP contribution in [0.1, 0.15) is 29.2 Å². The highest BCUT2D eigenvalue weighted by Gasteiger charge is 2.18. The number of amides is 1. The van der Waals surface area contributed by atoms with E-state index in [-0.39, 0.29) is 5.91 Å². The molecule has 3 rings (SSSR count). The third kappa shape index (κ3) is 3.53. The smallest absolute Gasteiger partial charge is 0.265 e. The first-order valence-corrected chi connectivity index (χ1v) is 9.25. The van der Waals surface area contributed by atoms with Crippen LogP contribution < -0.4 is 14.8 Å². The summed E-state index contributed by atoms with van der Waals surface area (Å²) < 4.78 is 12.5. The van der Waals surface area contributed by atoms with Crippen LogP contribution in [0, 0.1) is 12.8 Å². The molecule has 0 atom stereocenters. The molecule has 7 heteroatoms. The number of aromatic nitrogens is 2. The van der Waals surface area contributed by atoms with Crippen LogP contribution in [0.2, 0.25) is 0 Å². The molecular weight excluding hydrogens is 350 g/mol. The van der Waals surface area contributed by atoms with Gasteiger partial charge in [0, 0.05) is 18.0 Å². The van der Waals surface area contributed by atoms with Gasteiger partial charge in [-0.25, -0.2) is 0 Å². The van der Waals surface area contributed by atoms with Crippen LogP contribution in [-0.2, 0) is 6.54 Å². The Morgan fingerprint density at radius 3 is 2.69 bits per heavy atom. The molecule has 26 heavy (non-hydrogen) atoms. The summed E-state index contributed by atoms with van der Waals surface area (Å²) in [5.41, 5.74) is 1.52. The van der Waals surface area contributed by atoms with Crippen LogP contribution in [0.15, 0.2) is 24.3 Å². The summed E-state index contributed by atoms with van der Waals surface area (Å²) in [5, 5.41) is 8.53. The van der Waals surface area contributed by atoms with Crippen molar-refractivity contribution in [3.05, 3.63) is 34.8 Å². The fraction of sp³-hybridized carbons (Fsp3) is 0.368. The number of hydrogen-bond acceptors (Lipinski definition) is 5. The maximum Gasteiger partial charge on any atom is 0.265 e. The van der Waals surface area contributed by atoms with Crippen molar-refractivity contribution in [3.63, 3.8) is 0 Å². The molecule has 0 saturated heterocycles. The quantitative estimate of drug-likeness (QED) is 0.698. The van der Waals surface area contributed by atoms with E-state index in [0.29, 0.717) is 28.0 Å². The largest absolute Gasteiger partial charge is 0.497 e. The SMILES string of the molecule is COc1ccc(OC)c(NC(=O)c2cc3c(C)nn(CC(C)C)c3s2)c1. The van der Waals surface area contributed by atoms with Gasteiger partial charge >= 0.3 is 0 Å². The Balaban J connectivity index is 1.91. The highest BCUT2D eigenvalue weighted by Crippen LogP contribution is 2.32. The second-order valence-electron chi connectivity index (χ2n) is 6.51.